The second-order valence-electron chi connectivity index (χ2n) is 5.58. The molecule has 2 atom stereocenters. The van der Waals surface area contributed by atoms with E-state index < -0.39 is 5.97 Å². The Morgan fingerprint density at radius 3 is 2.25 bits per heavy atom. The van der Waals surface area contributed by atoms with Crippen molar-refractivity contribution in [1.82, 2.24) is 0 Å². The zero-order valence-electron chi connectivity index (χ0n) is 11.3. The number of hydrogen-bond donors (Lipinski definition) is 1. The SMILES string of the molecule is O=C(O)CCC1(c2ccccc2)CC1c1ccccc1. The Hall–Kier alpha value is -2.09. The predicted molar refractivity (Wildman–Crippen MR) is 78.8 cm³/mol. The summed E-state index contributed by atoms with van der Waals surface area (Å²) in [6.07, 6.45) is 2.00. The molecule has 2 nitrogen and oxygen atoms in total. The fraction of sp³-hybridized carbons (Fsp3) is 0.278. The van der Waals surface area contributed by atoms with Crippen LogP contribution in [0.15, 0.2) is 60.7 Å². The first kappa shape index (κ1) is 12.9. The van der Waals surface area contributed by atoms with Crippen LogP contribution in [0.3, 0.4) is 0 Å². The molecule has 2 aromatic carbocycles. The van der Waals surface area contributed by atoms with E-state index in [0.29, 0.717) is 12.3 Å². The van der Waals surface area contributed by atoms with Crippen molar-refractivity contribution >= 4 is 5.97 Å². The maximum Gasteiger partial charge on any atom is 0.303 e. The van der Waals surface area contributed by atoms with Gasteiger partial charge in [-0.2, -0.15) is 0 Å². The number of benzene rings is 2. The van der Waals surface area contributed by atoms with Crippen molar-refractivity contribution in [2.75, 3.05) is 0 Å². The van der Waals surface area contributed by atoms with Gasteiger partial charge in [0.05, 0.1) is 0 Å². The summed E-state index contributed by atoms with van der Waals surface area (Å²) in [5, 5.41) is 9.01. The third kappa shape index (κ3) is 2.34. The summed E-state index contributed by atoms with van der Waals surface area (Å²) in [5.41, 5.74) is 2.61. The largest absolute Gasteiger partial charge is 0.481 e. The molecular weight excluding hydrogens is 248 g/mol. The minimum Gasteiger partial charge on any atom is -0.481 e. The quantitative estimate of drug-likeness (QED) is 0.888. The molecule has 2 unspecified atom stereocenters. The van der Waals surface area contributed by atoms with E-state index in [4.69, 9.17) is 5.11 Å². The van der Waals surface area contributed by atoms with Crippen LogP contribution >= 0.6 is 0 Å². The number of rotatable bonds is 5. The minimum absolute atomic E-state index is 0.0149. The highest BCUT2D eigenvalue weighted by Gasteiger charge is 2.55. The van der Waals surface area contributed by atoms with Gasteiger partial charge in [-0.25, -0.2) is 0 Å². The fourth-order valence-electron chi connectivity index (χ4n) is 3.27. The van der Waals surface area contributed by atoms with E-state index in [9.17, 15) is 4.79 Å². The summed E-state index contributed by atoms with van der Waals surface area (Å²) in [6, 6.07) is 20.8. The lowest BCUT2D eigenvalue weighted by atomic mass is 9.86. The summed E-state index contributed by atoms with van der Waals surface area (Å²) in [7, 11) is 0. The Balaban J connectivity index is 1.90. The molecule has 1 fully saturated rings. The van der Waals surface area contributed by atoms with Crippen LogP contribution in [0, 0.1) is 0 Å². The Morgan fingerprint density at radius 1 is 1.05 bits per heavy atom. The molecule has 3 rings (SSSR count). The molecule has 2 heteroatoms. The van der Waals surface area contributed by atoms with Gasteiger partial charge in [0.15, 0.2) is 0 Å². The normalized spacial score (nSPS) is 24.3. The van der Waals surface area contributed by atoms with E-state index >= 15 is 0 Å². The van der Waals surface area contributed by atoms with Crippen LogP contribution in [-0.4, -0.2) is 11.1 Å². The van der Waals surface area contributed by atoms with Gasteiger partial charge in [0.2, 0.25) is 0 Å². The molecule has 1 aliphatic carbocycles. The lowest BCUT2D eigenvalue weighted by Gasteiger charge is -2.17. The number of carboxylic acid groups (broad SMARTS) is 1. The molecule has 0 aromatic heterocycles. The molecule has 0 aliphatic heterocycles. The predicted octanol–water partition coefficient (Wildman–Crippen LogP) is 3.98. The number of carbonyl (C=O) groups is 1. The van der Waals surface area contributed by atoms with Gasteiger partial charge in [-0.15, -0.1) is 0 Å². The Labute approximate surface area is 119 Å². The standard InChI is InChI=1S/C18H18O2/c19-17(20)11-12-18(15-9-5-2-6-10-15)13-16(18)14-7-3-1-4-8-14/h1-10,16H,11-13H2,(H,19,20). The first-order chi connectivity index (χ1) is 9.72. The van der Waals surface area contributed by atoms with Gasteiger partial charge in [0, 0.05) is 11.8 Å². The van der Waals surface area contributed by atoms with Gasteiger partial charge in [-0.1, -0.05) is 60.7 Å². The van der Waals surface area contributed by atoms with Gasteiger partial charge in [0.25, 0.3) is 0 Å². The van der Waals surface area contributed by atoms with Crippen LogP contribution in [0.5, 0.6) is 0 Å². The van der Waals surface area contributed by atoms with E-state index in [-0.39, 0.29) is 11.8 Å². The monoisotopic (exact) mass is 266 g/mol. The number of aliphatic carboxylic acids is 1. The van der Waals surface area contributed by atoms with Gasteiger partial charge in [-0.3, -0.25) is 4.79 Å². The molecule has 0 saturated heterocycles. The van der Waals surface area contributed by atoms with E-state index in [2.05, 4.69) is 36.4 Å². The summed E-state index contributed by atoms with van der Waals surface area (Å²) < 4.78 is 0. The van der Waals surface area contributed by atoms with Crippen LogP contribution in [-0.2, 0) is 10.2 Å². The third-order valence-electron chi connectivity index (χ3n) is 4.41. The summed E-state index contributed by atoms with van der Waals surface area (Å²) in [4.78, 5) is 10.9. The maximum absolute atomic E-state index is 10.9. The van der Waals surface area contributed by atoms with Gasteiger partial charge in [-0.05, 0) is 29.9 Å². The first-order valence-corrected chi connectivity index (χ1v) is 7.05. The van der Waals surface area contributed by atoms with Gasteiger partial charge >= 0.3 is 5.97 Å². The summed E-state index contributed by atoms with van der Waals surface area (Å²) in [5.74, 6) is -0.260. The van der Waals surface area contributed by atoms with E-state index in [1.54, 1.807) is 0 Å². The van der Waals surface area contributed by atoms with Crippen molar-refractivity contribution in [1.29, 1.82) is 0 Å². The zero-order chi connectivity index (χ0) is 14.0. The van der Waals surface area contributed by atoms with Crippen molar-refractivity contribution in [2.45, 2.75) is 30.6 Å². The molecular formula is C18H18O2. The van der Waals surface area contributed by atoms with Crippen LogP contribution < -0.4 is 0 Å². The van der Waals surface area contributed by atoms with Crippen LogP contribution in [0.1, 0.15) is 36.3 Å². The molecule has 0 bridgehead atoms. The number of carboxylic acids is 1. The van der Waals surface area contributed by atoms with Crippen LogP contribution in [0.25, 0.3) is 0 Å². The third-order valence-corrected chi connectivity index (χ3v) is 4.41. The van der Waals surface area contributed by atoms with E-state index in [1.807, 2.05) is 24.3 Å². The van der Waals surface area contributed by atoms with Crippen molar-refractivity contribution in [3.05, 3.63) is 71.8 Å². The molecule has 0 amide bonds. The molecule has 1 saturated carbocycles. The Bertz CT molecular complexity index is 591. The smallest absolute Gasteiger partial charge is 0.303 e. The summed E-state index contributed by atoms with van der Waals surface area (Å²) >= 11 is 0. The Morgan fingerprint density at radius 2 is 1.65 bits per heavy atom. The fourth-order valence-corrected chi connectivity index (χ4v) is 3.27. The number of hydrogen-bond acceptors (Lipinski definition) is 1. The van der Waals surface area contributed by atoms with E-state index in [0.717, 1.165) is 6.42 Å². The first-order valence-electron chi connectivity index (χ1n) is 7.05. The lowest BCUT2D eigenvalue weighted by molar-refractivity contribution is -0.137. The van der Waals surface area contributed by atoms with Crippen LogP contribution in [0.2, 0.25) is 0 Å². The van der Waals surface area contributed by atoms with Crippen molar-refractivity contribution < 1.29 is 9.90 Å². The van der Waals surface area contributed by atoms with Crippen molar-refractivity contribution in [3.8, 4) is 0 Å². The lowest BCUT2D eigenvalue weighted by Crippen LogP contribution is -2.12. The highest BCUT2D eigenvalue weighted by molar-refractivity contribution is 5.67. The zero-order valence-corrected chi connectivity index (χ0v) is 11.3. The molecule has 0 radical (unpaired) electrons. The van der Waals surface area contributed by atoms with Crippen molar-refractivity contribution in [3.63, 3.8) is 0 Å². The molecule has 1 N–H and O–H groups in total. The second-order valence-corrected chi connectivity index (χ2v) is 5.58. The molecule has 102 valence electrons. The molecule has 0 heterocycles. The molecule has 1 aliphatic rings. The molecule has 20 heavy (non-hydrogen) atoms. The topological polar surface area (TPSA) is 37.3 Å². The average molecular weight is 266 g/mol. The Kier molecular flexibility index (Phi) is 3.31. The highest BCUT2D eigenvalue weighted by Crippen LogP contribution is 2.62. The minimum atomic E-state index is -0.709. The van der Waals surface area contributed by atoms with Gasteiger partial charge < -0.3 is 5.11 Å². The second kappa shape index (κ2) is 5.12. The van der Waals surface area contributed by atoms with Crippen LogP contribution in [0.4, 0.5) is 0 Å². The molecule has 2 aromatic rings. The maximum atomic E-state index is 10.9. The molecule has 0 spiro atoms. The van der Waals surface area contributed by atoms with E-state index in [1.165, 1.54) is 11.1 Å². The highest BCUT2D eigenvalue weighted by atomic mass is 16.4. The van der Waals surface area contributed by atoms with Gasteiger partial charge in [0.1, 0.15) is 0 Å². The summed E-state index contributed by atoms with van der Waals surface area (Å²) in [6.45, 7) is 0. The average Bonchev–Trinajstić information content (AvgIpc) is 3.23. The van der Waals surface area contributed by atoms with Crippen molar-refractivity contribution in [2.24, 2.45) is 0 Å².